The fraction of sp³-hybridized carbons (Fsp3) is 0.800. The molecule has 1 saturated carbocycles. The first kappa shape index (κ1) is 15.3. The predicted octanol–water partition coefficient (Wildman–Crippen LogP) is 5.11. The van der Waals surface area contributed by atoms with E-state index in [4.69, 9.17) is 0 Å². The van der Waals surface area contributed by atoms with E-state index in [2.05, 4.69) is 46.8 Å². The Morgan fingerprint density at radius 1 is 1.19 bits per heavy atom. The molecule has 0 aliphatic heterocycles. The van der Waals surface area contributed by atoms with Crippen LogP contribution in [0.4, 0.5) is 0 Å². The van der Waals surface area contributed by atoms with Crippen LogP contribution in [0.1, 0.15) is 66.7 Å². The van der Waals surface area contributed by atoms with Gasteiger partial charge in [0.15, 0.2) is 0 Å². The molecule has 0 radical (unpaired) electrons. The molecular weight excluding hydrogens is 256 g/mol. The zero-order valence-electron chi connectivity index (χ0n) is 14.4. The summed E-state index contributed by atoms with van der Waals surface area (Å²) in [7, 11) is 0. The molecule has 0 saturated heterocycles. The lowest BCUT2D eigenvalue weighted by molar-refractivity contribution is -0.0483. The van der Waals surface area contributed by atoms with Gasteiger partial charge in [-0.2, -0.15) is 0 Å². The summed E-state index contributed by atoms with van der Waals surface area (Å²) < 4.78 is 0. The number of hydrogen-bond donors (Lipinski definition) is 1. The first-order valence-corrected chi connectivity index (χ1v) is 8.85. The zero-order valence-corrected chi connectivity index (χ0v) is 14.4. The van der Waals surface area contributed by atoms with Crippen molar-refractivity contribution < 1.29 is 5.11 Å². The van der Waals surface area contributed by atoms with E-state index in [1.54, 1.807) is 0 Å². The van der Waals surface area contributed by atoms with Gasteiger partial charge in [0.05, 0.1) is 6.10 Å². The van der Waals surface area contributed by atoms with Crippen molar-refractivity contribution in [1.29, 1.82) is 0 Å². The SMILES string of the molecule is CC(C)C1=CC2=CC[C@H]3C(C)(C)CCC[C@]3(C)[C@H]2C[C@H]1O. The van der Waals surface area contributed by atoms with Crippen molar-refractivity contribution in [2.45, 2.75) is 72.8 Å². The van der Waals surface area contributed by atoms with Crippen LogP contribution in [0.15, 0.2) is 23.3 Å². The number of aliphatic hydroxyl groups excluding tert-OH is 1. The first-order valence-electron chi connectivity index (χ1n) is 8.85. The van der Waals surface area contributed by atoms with Crippen LogP contribution in [0, 0.1) is 28.6 Å². The van der Waals surface area contributed by atoms with Crippen LogP contribution in [0.3, 0.4) is 0 Å². The fourth-order valence-corrected chi connectivity index (χ4v) is 5.71. The molecule has 0 aromatic carbocycles. The van der Waals surface area contributed by atoms with Gasteiger partial charge in [-0.05, 0) is 65.4 Å². The Labute approximate surface area is 130 Å². The van der Waals surface area contributed by atoms with Crippen LogP contribution in [0.25, 0.3) is 0 Å². The predicted molar refractivity (Wildman–Crippen MR) is 89.0 cm³/mol. The van der Waals surface area contributed by atoms with Crippen LogP contribution < -0.4 is 0 Å². The van der Waals surface area contributed by atoms with Gasteiger partial charge < -0.3 is 5.11 Å². The highest BCUT2D eigenvalue weighted by Crippen LogP contribution is 2.61. The van der Waals surface area contributed by atoms with Gasteiger partial charge in [0.1, 0.15) is 0 Å². The van der Waals surface area contributed by atoms with E-state index < -0.39 is 0 Å². The molecule has 1 heteroatoms. The summed E-state index contributed by atoms with van der Waals surface area (Å²) in [4.78, 5) is 0. The molecule has 0 unspecified atom stereocenters. The third kappa shape index (κ3) is 2.32. The average molecular weight is 288 g/mol. The van der Waals surface area contributed by atoms with Crippen molar-refractivity contribution in [1.82, 2.24) is 0 Å². The van der Waals surface area contributed by atoms with Crippen LogP contribution >= 0.6 is 0 Å². The fourth-order valence-electron chi connectivity index (χ4n) is 5.71. The third-order valence-electron chi connectivity index (χ3n) is 6.91. The van der Waals surface area contributed by atoms with E-state index >= 15 is 0 Å². The lowest BCUT2D eigenvalue weighted by Gasteiger charge is -2.58. The van der Waals surface area contributed by atoms with Crippen molar-refractivity contribution in [3.8, 4) is 0 Å². The number of hydrogen-bond acceptors (Lipinski definition) is 1. The maximum Gasteiger partial charge on any atom is 0.0761 e. The lowest BCUT2D eigenvalue weighted by atomic mass is 9.47. The summed E-state index contributed by atoms with van der Waals surface area (Å²) >= 11 is 0. The van der Waals surface area contributed by atoms with Gasteiger partial charge in [0.25, 0.3) is 0 Å². The minimum absolute atomic E-state index is 0.229. The highest BCUT2D eigenvalue weighted by atomic mass is 16.3. The van der Waals surface area contributed by atoms with Gasteiger partial charge in [0.2, 0.25) is 0 Å². The lowest BCUT2D eigenvalue weighted by Crippen LogP contribution is -2.50. The molecular formula is C20H32O. The topological polar surface area (TPSA) is 20.2 Å². The molecule has 1 N–H and O–H groups in total. The average Bonchev–Trinajstić information content (AvgIpc) is 2.37. The quantitative estimate of drug-likeness (QED) is 0.710. The van der Waals surface area contributed by atoms with Gasteiger partial charge in [-0.25, -0.2) is 0 Å². The van der Waals surface area contributed by atoms with Crippen molar-refractivity contribution >= 4 is 0 Å². The summed E-state index contributed by atoms with van der Waals surface area (Å²) in [6.07, 6.45) is 10.8. The largest absolute Gasteiger partial charge is 0.389 e. The Morgan fingerprint density at radius 3 is 2.57 bits per heavy atom. The Kier molecular flexibility index (Phi) is 3.64. The zero-order chi connectivity index (χ0) is 15.4. The molecule has 0 amide bonds. The van der Waals surface area contributed by atoms with Crippen molar-refractivity contribution in [2.75, 3.05) is 0 Å². The molecule has 0 spiro atoms. The molecule has 3 rings (SSSR count). The van der Waals surface area contributed by atoms with E-state index in [1.807, 2.05) is 0 Å². The van der Waals surface area contributed by atoms with Crippen LogP contribution in [-0.4, -0.2) is 11.2 Å². The molecule has 0 aromatic rings. The van der Waals surface area contributed by atoms with Crippen LogP contribution in [0.5, 0.6) is 0 Å². The summed E-state index contributed by atoms with van der Waals surface area (Å²) in [5.41, 5.74) is 3.60. The second kappa shape index (κ2) is 4.98. The van der Waals surface area contributed by atoms with Gasteiger partial charge >= 0.3 is 0 Å². The Hall–Kier alpha value is -0.560. The highest BCUT2D eigenvalue weighted by molar-refractivity contribution is 5.37. The maximum atomic E-state index is 10.6. The summed E-state index contributed by atoms with van der Waals surface area (Å²) in [6, 6.07) is 0. The van der Waals surface area contributed by atoms with E-state index in [0.29, 0.717) is 22.7 Å². The second-order valence-corrected chi connectivity index (χ2v) is 8.94. The second-order valence-electron chi connectivity index (χ2n) is 8.94. The van der Waals surface area contributed by atoms with E-state index in [-0.39, 0.29) is 6.10 Å². The summed E-state index contributed by atoms with van der Waals surface area (Å²) in [5, 5.41) is 10.6. The molecule has 1 nitrogen and oxygen atoms in total. The molecule has 1 fully saturated rings. The highest BCUT2D eigenvalue weighted by Gasteiger charge is 2.53. The van der Waals surface area contributed by atoms with E-state index in [1.165, 1.54) is 36.8 Å². The molecule has 0 aromatic heterocycles. The van der Waals surface area contributed by atoms with E-state index in [0.717, 1.165) is 12.3 Å². The number of fused-ring (bicyclic) bond motifs is 3. The summed E-state index contributed by atoms with van der Waals surface area (Å²) in [5.74, 6) is 1.79. The van der Waals surface area contributed by atoms with Gasteiger partial charge in [-0.3, -0.25) is 0 Å². The minimum Gasteiger partial charge on any atom is -0.389 e. The monoisotopic (exact) mass is 288 g/mol. The first-order chi connectivity index (χ1) is 9.75. The number of aliphatic hydroxyl groups is 1. The number of allylic oxidation sites excluding steroid dienone is 3. The van der Waals surface area contributed by atoms with Crippen molar-refractivity contribution in [3.05, 3.63) is 23.3 Å². The molecule has 4 atom stereocenters. The van der Waals surface area contributed by atoms with Crippen molar-refractivity contribution in [3.63, 3.8) is 0 Å². The van der Waals surface area contributed by atoms with E-state index in [9.17, 15) is 5.11 Å². The normalized spacial score (nSPS) is 42.0. The molecule has 3 aliphatic rings. The standard InChI is InChI=1S/C20H32O/c1-13(2)15-11-14-7-8-18-19(3,4)9-6-10-20(18,5)16(14)12-17(15)21/h7,11,13,16-18,21H,6,8-10,12H2,1-5H3/t16-,17+,18-,20+/m0/s1. The van der Waals surface area contributed by atoms with Crippen molar-refractivity contribution in [2.24, 2.45) is 28.6 Å². The van der Waals surface area contributed by atoms with Gasteiger partial charge in [0, 0.05) is 0 Å². The molecule has 118 valence electrons. The Morgan fingerprint density at radius 2 is 1.90 bits per heavy atom. The molecule has 0 bridgehead atoms. The molecule has 21 heavy (non-hydrogen) atoms. The minimum atomic E-state index is -0.229. The number of rotatable bonds is 1. The summed E-state index contributed by atoms with van der Waals surface area (Å²) in [6.45, 7) is 11.8. The third-order valence-corrected chi connectivity index (χ3v) is 6.91. The smallest absolute Gasteiger partial charge is 0.0761 e. The van der Waals surface area contributed by atoms with Crippen LogP contribution in [-0.2, 0) is 0 Å². The van der Waals surface area contributed by atoms with Gasteiger partial charge in [-0.15, -0.1) is 0 Å². The molecule has 0 heterocycles. The molecule has 3 aliphatic carbocycles. The Bertz CT molecular complexity index is 482. The van der Waals surface area contributed by atoms with Crippen LogP contribution in [0.2, 0.25) is 0 Å². The Balaban J connectivity index is 2.01. The maximum absolute atomic E-state index is 10.6. The van der Waals surface area contributed by atoms with Gasteiger partial charge in [-0.1, -0.05) is 53.2 Å².